The van der Waals surface area contributed by atoms with E-state index in [4.69, 9.17) is 18.0 Å². The van der Waals surface area contributed by atoms with Crippen LogP contribution in [0.3, 0.4) is 0 Å². The lowest BCUT2D eigenvalue weighted by atomic mass is 10.1. The Morgan fingerprint density at radius 3 is 2.52 bits per heavy atom. The molecule has 0 radical (unpaired) electrons. The monoisotopic (exact) mass is 326 g/mol. The Labute approximate surface area is 129 Å². The van der Waals surface area contributed by atoms with E-state index in [1.165, 1.54) is 0 Å². The fraction of sp³-hybridized carbons (Fsp3) is 0.429. The van der Waals surface area contributed by atoms with Gasteiger partial charge in [0.2, 0.25) is 5.91 Å². The summed E-state index contributed by atoms with van der Waals surface area (Å²) < 4.78 is 23.8. The summed E-state index contributed by atoms with van der Waals surface area (Å²) in [5, 5.41) is 1.74. The average molecular weight is 326 g/mol. The third kappa shape index (κ3) is 4.25. The number of rotatable bonds is 4. The highest BCUT2D eigenvalue weighted by Gasteiger charge is 2.34. The standard InChI is InChI=1S/C14H18N2O3S2/c15-13(20)9-10-4-6-11(7-5-10)16-14(17)12-3-1-2-8-21(12,18)19/h4-7,12H,1-3,8-9H2,(H2,15,20)(H,16,17). The summed E-state index contributed by atoms with van der Waals surface area (Å²) in [6.07, 6.45) is 2.30. The number of amides is 1. The van der Waals surface area contributed by atoms with Crippen LogP contribution in [0.5, 0.6) is 0 Å². The molecule has 1 amide bonds. The highest BCUT2D eigenvalue weighted by molar-refractivity contribution is 7.92. The number of anilines is 1. The number of hydrogen-bond acceptors (Lipinski definition) is 4. The van der Waals surface area contributed by atoms with Crippen LogP contribution in [0.25, 0.3) is 0 Å². The van der Waals surface area contributed by atoms with Crippen LogP contribution in [0.1, 0.15) is 24.8 Å². The molecule has 0 aliphatic carbocycles. The molecular formula is C14H18N2O3S2. The molecule has 1 fully saturated rings. The lowest BCUT2D eigenvalue weighted by molar-refractivity contribution is -0.116. The summed E-state index contributed by atoms with van der Waals surface area (Å²) in [7, 11) is -3.31. The van der Waals surface area contributed by atoms with Gasteiger partial charge in [0, 0.05) is 12.1 Å². The number of carbonyl (C=O) groups excluding carboxylic acids is 1. The van der Waals surface area contributed by atoms with Crippen molar-refractivity contribution >= 4 is 38.6 Å². The van der Waals surface area contributed by atoms with Gasteiger partial charge in [-0.1, -0.05) is 30.8 Å². The predicted molar refractivity (Wildman–Crippen MR) is 87.0 cm³/mol. The molecule has 1 atom stereocenters. The molecule has 0 bridgehead atoms. The Morgan fingerprint density at radius 2 is 1.95 bits per heavy atom. The molecule has 1 aromatic carbocycles. The minimum Gasteiger partial charge on any atom is -0.393 e. The van der Waals surface area contributed by atoms with E-state index in [-0.39, 0.29) is 5.75 Å². The molecule has 1 heterocycles. The first-order valence-corrected chi connectivity index (χ1v) is 8.90. The normalized spacial score (nSPS) is 20.7. The van der Waals surface area contributed by atoms with Gasteiger partial charge in [0.05, 0.1) is 10.7 Å². The van der Waals surface area contributed by atoms with Gasteiger partial charge in [0.25, 0.3) is 0 Å². The van der Waals surface area contributed by atoms with Gasteiger partial charge in [-0.15, -0.1) is 0 Å². The minimum absolute atomic E-state index is 0.0952. The van der Waals surface area contributed by atoms with Crippen LogP contribution in [0.2, 0.25) is 0 Å². The number of nitrogens with two attached hydrogens (primary N) is 1. The van der Waals surface area contributed by atoms with Gasteiger partial charge in [-0.2, -0.15) is 0 Å². The second kappa shape index (κ2) is 6.53. The topological polar surface area (TPSA) is 89.3 Å². The number of hydrogen-bond donors (Lipinski definition) is 2. The van der Waals surface area contributed by atoms with Gasteiger partial charge in [-0.05, 0) is 30.5 Å². The van der Waals surface area contributed by atoms with Crippen molar-refractivity contribution in [2.45, 2.75) is 30.9 Å². The van der Waals surface area contributed by atoms with Crippen molar-refractivity contribution < 1.29 is 13.2 Å². The molecule has 0 aromatic heterocycles. The smallest absolute Gasteiger partial charge is 0.242 e. The van der Waals surface area contributed by atoms with Gasteiger partial charge in [0.15, 0.2) is 9.84 Å². The quantitative estimate of drug-likeness (QED) is 0.817. The molecule has 0 spiro atoms. The first-order valence-electron chi connectivity index (χ1n) is 6.78. The van der Waals surface area contributed by atoms with Crippen LogP contribution in [-0.2, 0) is 21.1 Å². The molecule has 1 aromatic rings. The maximum atomic E-state index is 12.1. The van der Waals surface area contributed by atoms with Crippen molar-refractivity contribution in [3.8, 4) is 0 Å². The molecule has 21 heavy (non-hydrogen) atoms. The van der Waals surface area contributed by atoms with Crippen LogP contribution in [0, 0.1) is 0 Å². The van der Waals surface area contributed by atoms with Crippen LogP contribution in [-0.4, -0.2) is 30.3 Å². The zero-order valence-electron chi connectivity index (χ0n) is 11.5. The van der Waals surface area contributed by atoms with E-state index in [0.717, 1.165) is 12.0 Å². The van der Waals surface area contributed by atoms with Gasteiger partial charge < -0.3 is 11.1 Å². The molecule has 1 saturated heterocycles. The van der Waals surface area contributed by atoms with Gasteiger partial charge in [0.1, 0.15) is 5.25 Å². The highest BCUT2D eigenvalue weighted by atomic mass is 32.2. The largest absolute Gasteiger partial charge is 0.393 e. The Bertz CT molecular complexity index is 639. The van der Waals surface area contributed by atoms with E-state index in [2.05, 4.69) is 5.32 Å². The number of nitrogens with one attached hydrogen (secondary N) is 1. The van der Waals surface area contributed by atoms with E-state index < -0.39 is 21.0 Å². The van der Waals surface area contributed by atoms with Crippen molar-refractivity contribution in [2.75, 3.05) is 11.1 Å². The van der Waals surface area contributed by atoms with Crippen LogP contribution < -0.4 is 11.1 Å². The van der Waals surface area contributed by atoms with Crippen LogP contribution in [0.4, 0.5) is 5.69 Å². The fourth-order valence-electron chi connectivity index (χ4n) is 2.38. The van der Waals surface area contributed by atoms with Crippen LogP contribution >= 0.6 is 12.2 Å². The van der Waals surface area contributed by atoms with E-state index in [9.17, 15) is 13.2 Å². The Kier molecular flexibility index (Phi) is 4.95. The third-order valence-corrected chi connectivity index (χ3v) is 5.79. The van der Waals surface area contributed by atoms with Gasteiger partial charge in [-0.3, -0.25) is 4.79 Å². The molecule has 5 nitrogen and oxygen atoms in total. The van der Waals surface area contributed by atoms with Crippen molar-refractivity contribution in [1.29, 1.82) is 0 Å². The Morgan fingerprint density at radius 1 is 1.29 bits per heavy atom. The fourth-order valence-corrected chi connectivity index (χ4v) is 4.35. The van der Waals surface area contributed by atoms with Crippen molar-refractivity contribution in [2.24, 2.45) is 5.73 Å². The van der Waals surface area contributed by atoms with Crippen molar-refractivity contribution in [3.05, 3.63) is 29.8 Å². The summed E-state index contributed by atoms with van der Waals surface area (Å²) in [6.45, 7) is 0. The number of sulfone groups is 1. The first kappa shape index (κ1) is 15.9. The Balaban J connectivity index is 2.04. The molecule has 2 rings (SSSR count). The maximum absolute atomic E-state index is 12.1. The SMILES string of the molecule is NC(=S)Cc1ccc(NC(=O)C2CCCCS2(=O)=O)cc1. The Hall–Kier alpha value is -1.47. The third-order valence-electron chi connectivity index (χ3n) is 3.47. The molecule has 7 heteroatoms. The van der Waals surface area contributed by atoms with E-state index >= 15 is 0 Å². The van der Waals surface area contributed by atoms with Crippen molar-refractivity contribution in [3.63, 3.8) is 0 Å². The van der Waals surface area contributed by atoms with Crippen molar-refractivity contribution in [1.82, 2.24) is 0 Å². The zero-order chi connectivity index (χ0) is 15.5. The average Bonchev–Trinajstić information content (AvgIpc) is 2.39. The van der Waals surface area contributed by atoms with Gasteiger partial charge >= 0.3 is 0 Å². The number of benzene rings is 1. The summed E-state index contributed by atoms with van der Waals surface area (Å²) in [5.41, 5.74) is 6.99. The minimum atomic E-state index is -3.31. The van der Waals surface area contributed by atoms with Crippen LogP contribution in [0.15, 0.2) is 24.3 Å². The van der Waals surface area contributed by atoms with E-state index in [0.29, 0.717) is 29.9 Å². The lowest BCUT2D eigenvalue weighted by Gasteiger charge is -2.21. The number of carbonyl (C=O) groups is 1. The predicted octanol–water partition coefficient (Wildman–Crippen LogP) is 1.42. The molecule has 1 unspecified atom stereocenters. The van der Waals surface area contributed by atoms with E-state index in [1.807, 2.05) is 12.1 Å². The summed E-state index contributed by atoms with van der Waals surface area (Å²) >= 11 is 4.83. The second-order valence-electron chi connectivity index (χ2n) is 5.18. The molecule has 114 valence electrons. The molecule has 3 N–H and O–H groups in total. The summed E-state index contributed by atoms with van der Waals surface area (Å²) in [4.78, 5) is 12.5. The molecular weight excluding hydrogens is 308 g/mol. The lowest BCUT2D eigenvalue weighted by Crippen LogP contribution is -2.39. The molecule has 0 saturated carbocycles. The molecule has 1 aliphatic heterocycles. The summed E-state index contributed by atoms with van der Waals surface area (Å²) in [5.74, 6) is -0.352. The first-order chi connectivity index (χ1) is 9.88. The molecule has 1 aliphatic rings. The summed E-state index contributed by atoms with van der Waals surface area (Å²) in [6, 6.07) is 7.07. The number of thiocarbonyl (C=S) groups is 1. The second-order valence-corrected chi connectivity index (χ2v) is 8.01. The zero-order valence-corrected chi connectivity index (χ0v) is 13.2. The van der Waals surface area contributed by atoms with Gasteiger partial charge in [-0.25, -0.2) is 8.42 Å². The maximum Gasteiger partial charge on any atom is 0.242 e. The highest BCUT2D eigenvalue weighted by Crippen LogP contribution is 2.21. The van der Waals surface area contributed by atoms with E-state index in [1.54, 1.807) is 12.1 Å².